The van der Waals surface area contributed by atoms with Gasteiger partial charge in [0.05, 0.1) is 7.11 Å². The number of ether oxygens (including phenoxy) is 1. The summed E-state index contributed by atoms with van der Waals surface area (Å²) >= 11 is 3.65. The average Bonchev–Trinajstić information content (AvgIpc) is 2.41. The van der Waals surface area contributed by atoms with E-state index in [4.69, 9.17) is 4.74 Å². The van der Waals surface area contributed by atoms with E-state index in [1.807, 2.05) is 6.07 Å². The molecular formula is C17H28BrNO. The molecule has 114 valence electrons. The SMILES string of the molecule is CCCC(CNCC(C)C)Cc1cc(OC)ccc1Br. The highest BCUT2D eigenvalue weighted by Crippen LogP contribution is 2.26. The third kappa shape index (κ3) is 6.27. The van der Waals surface area contributed by atoms with E-state index in [0.29, 0.717) is 11.8 Å². The summed E-state index contributed by atoms with van der Waals surface area (Å²) in [5.74, 6) is 2.33. The Morgan fingerprint density at radius 2 is 2.00 bits per heavy atom. The summed E-state index contributed by atoms with van der Waals surface area (Å²) in [6.07, 6.45) is 3.58. The molecule has 1 rings (SSSR count). The first-order chi connectivity index (χ1) is 9.56. The van der Waals surface area contributed by atoms with Gasteiger partial charge in [0.1, 0.15) is 5.75 Å². The van der Waals surface area contributed by atoms with Crippen LogP contribution in [-0.2, 0) is 6.42 Å². The van der Waals surface area contributed by atoms with Gasteiger partial charge in [-0.05, 0) is 61.5 Å². The topological polar surface area (TPSA) is 21.3 Å². The highest BCUT2D eigenvalue weighted by molar-refractivity contribution is 9.10. The molecule has 0 aliphatic heterocycles. The number of hydrogen-bond acceptors (Lipinski definition) is 2. The lowest BCUT2D eigenvalue weighted by atomic mass is 9.94. The van der Waals surface area contributed by atoms with Crippen LogP contribution < -0.4 is 10.1 Å². The van der Waals surface area contributed by atoms with Crippen molar-refractivity contribution in [1.82, 2.24) is 5.32 Å². The number of benzene rings is 1. The van der Waals surface area contributed by atoms with Gasteiger partial charge in [0, 0.05) is 4.47 Å². The van der Waals surface area contributed by atoms with Crippen molar-refractivity contribution in [3.63, 3.8) is 0 Å². The summed E-state index contributed by atoms with van der Waals surface area (Å²) in [5.41, 5.74) is 1.34. The summed E-state index contributed by atoms with van der Waals surface area (Å²) in [7, 11) is 1.72. The van der Waals surface area contributed by atoms with Gasteiger partial charge in [0.15, 0.2) is 0 Å². The van der Waals surface area contributed by atoms with Crippen LogP contribution in [0.15, 0.2) is 22.7 Å². The molecule has 1 atom stereocenters. The Morgan fingerprint density at radius 3 is 2.60 bits per heavy atom. The van der Waals surface area contributed by atoms with E-state index >= 15 is 0 Å². The highest BCUT2D eigenvalue weighted by atomic mass is 79.9. The number of hydrogen-bond donors (Lipinski definition) is 1. The second-order valence-corrected chi connectivity index (χ2v) is 6.72. The van der Waals surface area contributed by atoms with Crippen LogP contribution in [0.4, 0.5) is 0 Å². The number of methoxy groups -OCH3 is 1. The first-order valence-corrected chi connectivity index (χ1v) is 8.39. The van der Waals surface area contributed by atoms with E-state index in [0.717, 1.165) is 25.3 Å². The zero-order valence-electron chi connectivity index (χ0n) is 13.2. The Morgan fingerprint density at radius 1 is 1.25 bits per heavy atom. The van der Waals surface area contributed by atoms with Crippen molar-refractivity contribution in [3.8, 4) is 5.75 Å². The van der Waals surface area contributed by atoms with Crippen molar-refractivity contribution < 1.29 is 4.74 Å². The van der Waals surface area contributed by atoms with Crippen molar-refractivity contribution in [2.45, 2.75) is 40.0 Å². The van der Waals surface area contributed by atoms with Gasteiger partial charge in [0.25, 0.3) is 0 Å². The van der Waals surface area contributed by atoms with E-state index in [1.165, 1.54) is 22.9 Å². The predicted octanol–water partition coefficient (Wildman–Crippen LogP) is 4.66. The molecule has 20 heavy (non-hydrogen) atoms. The molecule has 2 nitrogen and oxygen atoms in total. The van der Waals surface area contributed by atoms with Crippen LogP contribution in [0.5, 0.6) is 5.75 Å². The smallest absolute Gasteiger partial charge is 0.119 e. The molecule has 0 aliphatic rings. The predicted molar refractivity (Wildman–Crippen MR) is 90.5 cm³/mol. The number of rotatable bonds is 9. The van der Waals surface area contributed by atoms with Crippen LogP contribution in [0.3, 0.4) is 0 Å². The first kappa shape index (κ1) is 17.5. The summed E-state index contributed by atoms with van der Waals surface area (Å²) in [5, 5.41) is 3.59. The Hall–Kier alpha value is -0.540. The van der Waals surface area contributed by atoms with Crippen molar-refractivity contribution in [2.75, 3.05) is 20.2 Å². The van der Waals surface area contributed by atoms with Crippen molar-refractivity contribution in [2.24, 2.45) is 11.8 Å². The van der Waals surface area contributed by atoms with Crippen molar-refractivity contribution in [3.05, 3.63) is 28.2 Å². The van der Waals surface area contributed by atoms with Crippen LogP contribution >= 0.6 is 15.9 Å². The summed E-state index contributed by atoms with van der Waals surface area (Å²) in [6.45, 7) is 8.95. The molecule has 0 spiro atoms. The molecule has 1 unspecified atom stereocenters. The fourth-order valence-electron chi connectivity index (χ4n) is 2.41. The molecule has 1 aromatic rings. The maximum atomic E-state index is 5.33. The molecule has 0 heterocycles. The van der Waals surface area contributed by atoms with Gasteiger partial charge < -0.3 is 10.1 Å². The molecule has 1 N–H and O–H groups in total. The monoisotopic (exact) mass is 341 g/mol. The second kappa shape index (κ2) is 9.41. The quantitative estimate of drug-likeness (QED) is 0.705. The maximum Gasteiger partial charge on any atom is 0.119 e. The van der Waals surface area contributed by atoms with Crippen molar-refractivity contribution >= 4 is 15.9 Å². The van der Waals surface area contributed by atoms with Gasteiger partial charge in [0.2, 0.25) is 0 Å². The highest BCUT2D eigenvalue weighted by Gasteiger charge is 2.12. The summed E-state index contributed by atoms with van der Waals surface area (Å²) in [6, 6.07) is 6.23. The van der Waals surface area contributed by atoms with Gasteiger partial charge >= 0.3 is 0 Å². The van der Waals surface area contributed by atoms with Crippen LogP contribution in [0, 0.1) is 11.8 Å². The number of halogens is 1. The Labute approximate surface area is 132 Å². The van der Waals surface area contributed by atoms with E-state index in [-0.39, 0.29) is 0 Å². The molecule has 0 radical (unpaired) electrons. The molecule has 0 aromatic heterocycles. The first-order valence-electron chi connectivity index (χ1n) is 7.59. The van der Waals surface area contributed by atoms with Gasteiger partial charge in [-0.3, -0.25) is 0 Å². The standard InChI is InChI=1S/C17H28BrNO/c1-5-6-14(12-19-11-13(2)3)9-15-10-16(20-4)7-8-17(15)18/h7-8,10,13-14,19H,5-6,9,11-12H2,1-4H3. The lowest BCUT2D eigenvalue weighted by molar-refractivity contribution is 0.408. The molecule has 3 heteroatoms. The second-order valence-electron chi connectivity index (χ2n) is 5.87. The zero-order chi connectivity index (χ0) is 15.0. The summed E-state index contributed by atoms with van der Waals surface area (Å²) < 4.78 is 6.51. The zero-order valence-corrected chi connectivity index (χ0v) is 14.8. The van der Waals surface area contributed by atoms with E-state index < -0.39 is 0 Å². The largest absolute Gasteiger partial charge is 0.497 e. The van der Waals surface area contributed by atoms with Crippen LogP contribution in [-0.4, -0.2) is 20.2 Å². The van der Waals surface area contributed by atoms with Crippen LogP contribution in [0.2, 0.25) is 0 Å². The molecule has 0 aliphatic carbocycles. The third-order valence-corrected chi connectivity index (χ3v) is 4.22. The minimum Gasteiger partial charge on any atom is -0.497 e. The third-order valence-electron chi connectivity index (χ3n) is 3.44. The maximum absolute atomic E-state index is 5.33. The van der Waals surface area contributed by atoms with Gasteiger partial charge in [-0.25, -0.2) is 0 Å². The normalized spacial score (nSPS) is 12.7. The molecule has 0 saturated heterocycles. The van der Waals surface area contributed by atoms with Crippen LogP contribution in [0.25, 0.3) is 0 Å². The van der Waals surface area contributed by atoms with Gasteiger partial charge in [-0.2, -0.15) is 0 Å². The number of nitrogens with one attached hydrogen (secondary N) is 1. The fourth-order valence-corrected chi connectivity index (χ4v) is 2.81. The molecule has 0 fully saturated rings. The summed E-state index contributed by atoms with van der Waals surface area (Å²) in [4.78, 5) is 0. The molecule has 0 bridgehead atoms. The lowest BCUT2D eigenvalue weighted by Crippen LogP contribution is -2.27. The Bertz CT molecular complexity index is 393. The van der Waals surface area contributed by atoms with Crippen LogP contribution in [0.1, 0.15) is 39.2 Å². The van der Waals surface area contributed by atoms with Gasteiger partial charge in [-0.1, -0.05) is 43.1 Å². The minimum absolute atomic E-state index is 0.683. The average molecular weight is 342 g/mol. The van der Waals surface area contributed by atoms with E-state index in [1.54, 1.807) is 7.11 Å². The van der Waals surface area contributed by atoms with E-state index in [2.05, 4.69) is 54.2 Å². The van der Waals surface area contributed by atoms with Crippen molar-refractivity contribution in [1.29, 1.82) is 0 Å². The van der Waals surface area contributed by atoms with E-state index in [9.17, 15) is 0 Å². The molecule has 0 amide bonds. The Kier molecular flexibility index (Phi) is 8.24. The molecular weight excluding hydrogens is 314 g/mol. The minimum atomic E-state index is 0.683. The lowest BCUT2D eigenvalue weighted by Gasteiger charge is -2.19. The van der Waals surface area contributed by atoms with Gasteiger partial charge in [-0.15, -0.1) is 0 Å². The Balaban J connectivity index is 2.64. The molecule has 0 saturated carbocycles. The molecule has 1 aromatic carbocycles. The fraction of sp³-hybridized carbons (Fsp3) is 0.647.